The number of nitrogens with one attached hydrogen (secondary N) is 1. The van der Waals surface area contributed by atoms with Crippen LogP contribution in [0.25, 0.3) is 0 Å². The molecule has 0 amide bonds. The van der Waals surface area contributed by atoms with E-state index in [-0.39, 0.29) is 0 Å². The third kappa shape index (κ3) is 7.99. The zero-order valence-electron chi connectivity index (χ0n) is 12.7. The van der Waals surface area contributed by atoms with Gasteiger partial charge in [0.2, 0.25) is 0 Å². The van der Waals surface area contributed by atoms with E-state index in [9.17, 15) is 0 Å². The second kappa shape index (κ2) is 11.0. The van der Waals surface area contributed by atoms with E-state index in [4.69, 9.17) is 0 Å². The minimum atomic E-state index is 0.673. The summed E-state index contributed by atoms with van der Waals surface area (Å²) in [5.41, 5.74) is 1.36. The summed E-state index contributed by atoms with van der Waals surface area (Å²) < 4.78 is 0. The number of aromatic nitrogens is 1. The fourth-order valence-corrected chi connectivity index (χ4v) is 2.52. The Morgan fingerprint density at radius 3 is 2.63 bits per heavy atom. The van der Waals surface area contributed by atoms with Gasteiger partial charge in [-0.05, 0) is 37.4 Å². The number of hydrogen-bond donors (Lipinski definition) is 1. The highest BCUT2D eigenvalue weighted by Crippen LogP contribution is 2.11. The fourth-order valence-electron chi connectivity index (χ4n) is 2.52. The van der Waals surface area contributed by atoms with Crippen molar-refractivity contribution < 1.29 is 0 Å². The predicted octanol–water partition coefficient (Wildman–Crippen LogP) is 4.35. The largest absolute Gasteiger partial charge is 0.314 e. The van der Waals surface area contributed by atoms with Gasteiger partial charge in [-0.25, -0.2) is 0 Å². The summed E-state index contributed by atoms with van der Waals surface area (Å²) in [5.74, 6) is 0. The van der Waals surface area contributed by atoms with Crippen LogP contribution in [0.1, 0.15) is 64.4 Å². The van der Waals surface area contributed by atoms with Gasteiger partial charge in [-0.3, -0.25) is 4.98 Å². The molecule has 1 atom stereocenters. The SMILES string of the molecule is CCCCCCCC(CCc1cccnc1)NCC. The third-order valence-corrected chi connectivity index (χ3v) is 3.65. The van der Waals surface area contributed by atoms with Crippen molar-refractivity contribution in [2.45, 2.75) is 71.3 Å². The van der Waals surface area contributed by atoms with Gasteiger partial charge in [0.25, 0.3) is 0 Å². The van der Waals surface area contributed by atoms with E-state index in [1.165, 1.54) is 50.5 Å². The number of hydrogen-bond acceptors (Lipinski definition) is 2. The standard InChI is InChI=1S/C17H30N2/c1-3-5-6-7-8-11-17(19-4-2)13-12-16-10-9-14-18-15-16/h9-10,14-15,17,19H,3-8,11-13H2,1-2H3. The number of pyridine rings is 1. The number of aryl methyl sites for hydroxylation is 1. The molecule has 1 unspecified atom stereocenters. The monoisotopic (exact) mass is 262 g/mol. The Kier molecular flexibility index (Phi) is 9.34. The molecule has 0 aromatic carbocycles. The summed E-state index contributed by atoms with van der Waals surface area (Å²) in [5, 5.41) is 3.62. The van der Waals surface area contributed by atoms with Gasteiger partial charge in [0.15, 0.2) is 0 Å². The van der Waals surface area contributed by atoms with E-state index in [2.05, 4.69) is 30.2 Å². The molecule has 0 spiro atoms. The average Bonchev–Trinajstić information content (AvgIpc) is 2.45. The normalized spacial score (nSPS) is 12.5. The second-order valence-corrected chi connectivity index (χ2v) is 5.36. The molecule has 2 heteroatoms. The smallest absolute Gasteiger partial charge is 0.0299 e. The van der Waals surface area contributed by atoms with Crippen LogP contribution in [0, 0.1) is 0 Å². The molecule has 0 bridgehead atoms. The molecule has 0 aliphatic heterocycles. The lowest BCUT2D eigenvalue weighted by molar-refractivity contribution is 0.439. The van der Waals surface area contributed by atoms with Crippen molar-refractivity contribution in [2.24, 2.45) is 0 Å². The molecular formula is C17H30N2. The van der Waals surface area contributed by atoms with Crippen molar-refractivity contribution in [3.8, 4) is 0 Å². The van der Waals surface area contributed by atoms with Gasteiger partial charge in [0.1, 0.15) is 0 Å². The Balaban J connectivity index is 2.20. The zero-order valence-corrected chi connectivity index (χ0v) is 12.7. The van der Waals surface area contributed by atoms with E-state index >= 15 is 0 Å². The molecule has 19 heavy (non-hydrogen) atoms. The van der Waals surface area contributed by atoms with Crippen molar-refractivity contribution in [3.63, 3.8) is 0 Å². The lowest BCUT2D eigenvalue weighted by atomic mass is 10.0. The first kappa shape index (κ1) is 16.2. The van der Waals surface area contributed by atoms with Gasteiger partial charge >= 0.3 is 0 Å². The maximum absolute atomic E-state index is 4.18. The zero-order chi connectivity index (χ0) is 13.8. The molecule has 0 saturated heterocycles. The van der Waals surface area contributed by atoms with Crippen molar-refractivity contribution >= 4 is 0 Å². The van der Waals surface area contributed by atoms with Crippen molar-refractivity contribution in [2.75, 3.05) is 6.54 Å². The highest BCUT2D eigenvalue weighted by atomic mass is 14.9. The quantitative estimate of drug-likeness (QED) is 0.600. The average molecular weight is 262 g/mol. The Hall–Kier alpha value is -0.890. The number of rotatable bonds is 11. The van der Waals surface area contributed by atoms with Crippen LogP contribution in [0.15, 0.2) is 24.5 Å². The van der Waals surface area contributed by atoms with Crippen molar-refractivity contribution in [3.05, 3.63) is 30.1 Å². The highest BCUT2D eigenvalue weighted by Gasteiger charge is 2.07. The molecule has 1 aromatic heterocycles. The minimum Gasteiger partial charge on any atom is -0.314 e. The molecule has 2 nitrogen and oxygen atoms in total. The third-order valence-electron chi connectivity index (χ3n) is 3.65. The second-order valence-electron chi connectivity index (χ2n) is 5.36. The summed E-state index contributed by atoms with van der Waals surface area (Å²) >= 11 is 0. The Labute approximate surface area is 119 Å². The first-order valence-corrected chi connectivity index (χ1v) is 7.99. The van der Waals surface area contributed by atoms with Crippen LogP contribution in [0.5, 0.6) is 0 Å². The van der Waals surface area contributed by atoms with Crippen molar-refractivity contribution in [1.29, 1.82) is 0 Å². The van der Waals surface area contributed by atoms with Crippen LogP contribution in [-0.4, -0.2) is 17.6 Å². The molecule has 1 heterocycles. The van der Waals surface area contributed by atoms with Gasteiger partial charge in [0, 0.05) is 18.4 Å². The van der Waals surface area contributed by atoms with Crippen LogP contribution in [-0.2, 0) is 6.42 Å². The summed E-state index contributed by atoms with van der Waals surface area (Å²) in [7, 11) is 0. The van der Waals surface area contributed by atoms with Crippen LogP contribution < -0.4 is 5.32 Å². The van der Waals surface area contributed by atoms with E-state index in [0.717, 1.165) is 13.0 Å². The first-order valence-electron chi connectivity index (χ1n) is 7.99. The molecule has 0 aliphatic carbocycles. The van der Waals surface area contributed by atoms with Gasteiger partial charge < -0.3 is 5.32 Å². The molecule has 1 rings (SSSR count). The van der Waals surface area contributed by atoms with E-state index in [0.29, 0.717) is 6.04 Å². The maximum atomic E-state index is 4.18. The molecule has 0 radical (unpaired) electrons. The van der Waals surface area contributed by atoms with E-state index < -0.39 is 0 Å². The van der Waals surface area contributed by atoms with E-state index in [1.807, 2.05) is 18.5 Å². The van der Waals surface area contributed by atoms with Crippen LogP contribution in [0.4, 0.5) is 0 Å². The van der Waals surface area contributed by atoms with Crippen LogP contribution in [0.2, 0.25) is 0 Å². The van der Waals surface area contributed by atoms with Gasteiger partial charge in [-0.1, -0.05) is 52.0 Å². The van der Waals surface area contributed by atoms with Crippen molar-refractivity contribution in [1.82, 2.24) is 10.3 Å². The number of unbranched alkanes of at least 4 members (excludes halogenated alkanes) is 4. The topological polar surface area (TPSA) is 24.9 Å². The lowest BCUT2D eigenvalue weighted by Crippen LogP contribution is -2.29. The molecule has 1 N–H and O–H groups in total. The minimum absolute atomic E-state index is 0.673. The predicted molar refractivity (Wildman–Crippen MR) is 83.4 cm³/mol. The Morgan fingerprint density at radius 2 is 1.95 bits per heavy atom. The van der Waals surface area contributed by atoms with Crippen LogP contribution in [0.3, 0.4) is 0 Å². The molecule has 0 aliphatic rings. The highest BCUT2D eigenvalue weighted by molar-refractivity contribution is 5.08. The lowest BCUT2D eigenvalue weighted by Gasteiger charge is -2.17. The fraction of sp³-hybridized carbons (Fsp3) is 0.706. The van der Waals surface area contributed by atoms with Gasteiger partial charge in [-0.15, -0.1) is 0 Å². The molecule has 0 fully saturated rings. The first-order chi connectivity index (χ1) is 9.36. The summed E-state index contributed by atoms with van der Waals surface area (Å²) in [6.07, 6.45) is 14.4. The van der Waals surface area contributed by atoms with Crippen LogP contribution >= 0.6 is 0 Å². The molecular weight excluding hydrogens is 232 g/mol. The Bertz CT molecular complexity index is 297. The maximum Gasteiger partial charge on any atom is 0.0299 e. The Morgan fingerprint density at radius 1 is 1.11 bits per heavy atom. The molecule has 0 saturated carbocycles. The molecule has 108 valence electrons. The van der Waals surface area contributed by atoms with E-state index in [1.54, 1.807) is 0 Å². The molecule has 1 aromatic rings. The number of nitrogens with zero attached hydrogens (tertiary/aromatic N) is 1. The summed E-state index contributed by atoms with van der Waals surface area (Å²) in [4.78, 5) is 4.18. The van der Waals surface area contributed by atoms with Gasteiger partial charge in [0.05, 0.1) is 0 Å². The summed E-state index contributed by atoms with van der Waals surface area (Å²) in [6.45, 7) is 5.55. The summed E-state index contributed by atoms with van der Waals surface area (Å²) in [6, 6.07) is 4.88. The van der Waals surface area contributed by atoms with Gasteiger partial charge in [-0.2, -0.15) is 0 Å².